The molecule has 0 fully saturated rings. The van der Waals surface area contributed by atoms with Crippen molar-refractivity contribution in [3.8, 4) is 0 Å². The maximum atomic E-state index is 6.06. The van der Waals surface area contributed by atoms with Gasteiger partial charge < -0.3 is 9.88 Å². The number of aromatic nitrogens is 5. The number of nitrogens with one attached hydrogen (secondary N) is 1. The number of aryl methyl sites for hydroxylation is 1. The predicted octanol–water partition coefficient (Wildman–Crippen LogP) is 2.58. The first-order chi connectivity index (χ1) is 9.66. The molecule has 0 aliphatic heterocycles. The second-order valence-electron chi connectivity index (χ2n) is 4.55. The van der Waals surface area contributed by atoms with Gasteiger partial charge >= 0.3 is 0 Å². The molecular formula is C13H13ClN6. The Balaban J connectivity index is 1.99. The summed E-state index contributed by atoms with van der Waals surface area (Å²) >= 11 is 6.06. The number of fused-ring (bicyclic) bond motifs is 1. The van der Waals surface area contributed by atoms with Crippen molar-refractivity contribution in [2.45, 2.75) is 13.0 Å². The molecule has 0 amide bonds. The van der Waals surface area contributed by atoms with E-state index in [0.717, 1.165) is 16.6 Å². The molecule has 7 heteroatoms. The van der Waals surface area contributed by atoms with Crippen LogP contribution in [0.15, 0.2) is 30.6 Å². The van der Waals surface area contributed by atoms with E-state index in [2.05, 4.69) is 25.7 Å². The van der Waals surface area contributed by atoms with Crippen molar-refractivity contribution in [3.05, 3.63) is 41.6 Å². The van der Waals surface area contributed by atoms with Gasteiger partial charge in [-0.15, -0.1) is 20.4 Å². The van der Waals surface area contributed by atoms with E-state index < -0.39 is 0 Å². The summed E-state index contributed by atoms with van der Waals surface area (Å²) in [4.78, 5) is 0. The predicted molar refractivity (Wildman–Crippen MR) is 77.6 cm³/mol. The Morgan fingerprint density at radius 1 is 1.15 bits per heavy atom. The largest absolute Gasteiger partial charge is 0.358 e. The Hall–Kier alpha value is -2.21. The first-order valence-electron chi connectivity index (χ1n) is 6.18. The molecule has 6 nitrogen and oxygen atoms in total. The van der Waals surface area contributed by atoms with Gasteiger partial charge in [-0.1, -0.05) is 35.9 Å². The summed E-state index contributed by atoms with van der Waals surface area (Å²) < 4.78 is 1.86. The summed E-state index contributed by atoms with van der Waals surface area (Å²) in [7, 11) is 1.90. The van der Waals surface area contributed by atoms with Crippen molar-refractivity contribution in [1.29, 1.82) is 0 Å². The summed E-state index contributed by atoms with van der Waals surface area (Å²) in [5.41, 5.74) is 0. The van der Waals surface area contributed by atoms with Crippen LogP contribution in [0.5, 0.6) is 0 Å². The zero-order valence-corrected chi connectivity index (χ0v) is 11.8. The molecule has 2 aromatic heterocycles. The van der Waals surface area contributed by atoms with Gasteiger partial charge in [-0.05, 0) is 6.92 Å². The van der Waals surface area contributed by atoms with Crippen LogP contribution in [-0.4, -0.2) is 25.0 Å². The van der Waals surface area contributed by atoms with Gasteiger partial charge in [-0.3, -0.25) is 0 Å². The highest BCUT2D eigenvalue weighted by Crippen LogP contribution is 2.27. The van der Waals surface area contributed by atoms with Crippen molar-refractivity contribution in [1.82, 2.24) is 25.0 Å². The van der Waals surface area contributed by atoms with E-state index in [1.165, 1.54) is 0 Å². The fourth-order valence-corrected chi connectivity index (χ4v) is 2.33. The van der Waals surface area contributed by atoms with Crippen LogP contribution in [0.2, 0.25) is 5.15 Å². The molecule has 1 atom stereocenters. The lowest BCUT2D eigenvalue weighted by molar-refractivity contribution is 0.715. The number of hydrogen-bond donors (Lipinski definition) is 1. The summed E-state index contributed by atoms with van der Waals surface area (Å²) in [6.07, 6.45) is 1.67. The average Bonchev–Trinajstić information content (AvgIpc) is 2.88. The maximum Gasteiger partial charge on any atom is 0.159 e. The van der Waals surface area contributed by atoms with Crippen LogP contribution >= 0.6 is 11.6 Å². The zero-order chi connectivity index (χ0) is 14.1. The van der Waals surface area contributed by atoms with E-state index in [1.54, 1.807) is 6.33 Å². The molecule has 102 valence electrons. The summed E-state index contributed by atoms with van der Waals surface area (Å²) in [6.45, 7) is 2.00. The minimum Gasteiger partial charge on any atom is -0.358 e. The highest BCUT2D eigenvalue weighted by molar-refractivity contribution is 6.34. The Labute approximate surface area is 120 Å². The van der Waals surface area contributed by atoms with E-state index in [1.807, 2.05) is 42.8 Å². The maximum absolute atomic E-state index is 6.06. The highest BCUT2D eigenvalue weighted by Gasteiger charge is 2.14. The van der Waals surface area contributed by atoms with E-state index in [9.17, 15) is 0 Å². The molecule has 0 spiro atoms. The lowest BCUT2D eigenvalue weighted by Crippen LogP contribution is -2.13. The average molecular weight is 289 g/mol. The molecule has 3 aromatic rings. The fourth-order valence-electron chi connectivity index (χ4n) is 2.13. The quantitative estimate of drug-likeness (QED) is 0.802. The second-order valence-corrected chi connectivity index (χ2v) is 4.91. The third-order valence-electron chi connectivity index (χ3n) is 3.13. The van der Waals surface area contributed by atoms with Crippen LogP contribution in [0.3, 0.4) is 0 Å². The first kappa shape index (κ1) is 12.8. The smallest absolute Gasteiger partial charge is 0.159 e. The normalized spacial score (nSPS) is 12.6. The lowest BCUT2D eigenvalue weighted by Gasteiger charge is -2.14. The molecular weight excluding hydrogens is 276 g/mol. The van der Waals surface area contributed by atoms with Gasteiger partial charge in [0.25, 0.3) is 0 Å². The van der Waals surface area contributed by atoms with Gasteiger partial charge in [0.1, 0.15) is 6.33 Å². The Morgan fingerprint density at radius 3 is 2.60 bits per heavy atom. The van der Waals surface area contributed by atoms with Gasteiger partial charge in [0.2, 0.25) is 0 Å². The van der Waals surface area contributed by atoms with E-state index >= 15 is 0 Å². The molecule has 0 bridgehead atoms. The van der Waals surface area contributed by atoms with Crippen molar-refractivity contribution in [2.24, 2.45) is 7.05 Å². The molecule has 0 radical (unpaired) electrons. The monoisotopic (exact) mass is 288 g/mol. The van der Waals surface area contributed by atoms with Crippen molar-refractivity contribution in [3.63, 3.8) is 0 Å². The molecule has 0 saturated carbocycles. The topological polar surface area (TPSA) is 68.5 Å². The van der Waals surface area contributed by atoms with Crippen LogP contribution in [0.25, 0.3) is 10.8 Å². The Kier molecular flexibility index (Phi) is 3.23. The number of hydrogen-bond acceptors (Lipinski definition) is 5. The summed E-state index contributed by atoms with van der Waals surface area (Å²) in [5, 5.41) is 21.6. The molecule has 20 heavy (non-hydrogen) atoms. The minimum absolute atomic E-state index is 0.0404. The third kappa shape index (κ3) is 2.18. The SMILES string of the molecule is CC(Nc1nnc(Cl)c2ccccc12)c1nncn1C. The Morgan fingerprint density at radius 2 is 1.90 bits per heavy atom. The molecule has 0 aliphatic carbocycles. The number of benzene rings is 1. The van der Waals surface area contributed by atoms with Crippen LogP contribution in [0.4, 0.5) is 5.82 Å². The minimum atomic E-state index is -0.0404. The first-order valence-corrected chi connectivity index (χ1v) is 6.56. The molecule has 0 aliphatic rings. The van der Waals surface area contributed by atoms with Crippen LogP contribution in [-0.2, 0) is 7.05 Å². The fraction of sp³-hybridized carbons (Fsp3) is 0.231. The van der Waals surface area contributed by atoms with Crippen molar-refractivity contribution in [2.75, 3.05) is 5.32 Å². The number of halogens is 1. The van der Waals surface area contributed by atoms with Gasteiger partial charge in [-0.2, -0.15) is 0 Å². The molecule has 2 heterocycles. The van der Waals surface area contributed by atoms with Crippen LogP contribution < -0.4 is 5.32 Å². The van der Waals surface area contributed by atoms with Gasteiger partial charge in [0, 0.05) is 17.8 Å². The third-order valence-corrected chi connectivity index (χ3v) is 3.41. The number of nitrogens with zero attached hydrogens (tertiary/aromatic N) is 5. The number of rotatable bonds is 3. The van der Waals surface area contributed by atoms with Crippen molar-refractivity contribution >= 4 is 28.2 Å². The molecule has 0 saturated heterocycles. The standard InChI is InChI=1S/C13H13ClN6/c1-8(13-19-15-7-20(13)2)16-12-10-6-4-3-5-9(10)11(14)17-18-12/h3-8H,1-2H3,(H,16,18). The van der Waals surface area contributed by atoms with Gasteiger partial charge in [0.05, 0.1) is 6.04 Å². The van der Waals surface area contributed by atoms with Gasteiger partial charge in [-0.25, -0.2) is 0 Å². The Bertz CT molecular complexity index is 753. The summed E-state index contributed by atoms with van der Waals surface area (Å²) in [5.74, 6) is 1.51. The number of anilines is 1. The molecule has 3 rings (SSSR count). The van der Waals surface area contributed by atoms with E-state index in [-0.39, 0.29) is 6.04 Å². The molecule has 1 N–H and O–H groups in total. The van der Waals surface area contributed by atoms with Crippen LogP contribution in [0, 0.1) is 0 Å². The van der Waals surface area contributed by atoms with Crippen LogP contribution in [0.1, 0.15) is 18.8 Å². The van der Waals surface area contributed by atoms with E-state index in [0.29, 0.717) is 11.0 Å². The lowest BCUT2D eigenvalue weighted by atomic mass is 10.2. The van der Waals surface area contributed by atoms with Crippen molar-refractivity contribution < 1.29 is 0 Å². The summed E-state index contributed by atoms with van der Waals surface area (Å²) in [6, 6.07) is 7.71. The zero-order valence-electron chi connectivity index (χ0n) is 11.1. The second kappa shape index (κ2) is 5.05. The molecule has 1 unspecified atom stereocenters. The molecule has 1 aromatic carbocycles. The van der Waals surface area contributed by atoms with Gasteiger partial charge in [0.15, 0.2) is 16.8 Å². The van der Waals surface area contributed by atoms with E-state index in [4.69, 9.17) is 11.6 Å². The highest BCUT2D eigenvalue weighted by atomic mass is 35.5.